The van der Waals surface area contributed by atoms with Gasteiger partial charge in [-0.2, -0.15) is 12.6 Å². The maximum absolute atomic E-state index is 9.48. The van der Waals surface area contributed by atoms with Crippen LogP contribution >= 0.6 is 12.6 Å². The summed E-state index contributed by atoms with van der Waals surface area (Å²) >= 11 is 3.92. The minimum atomic E-state index is -1.51. The first-order valence-electron chi connectivity index (χ1n) is 4.64. The Morgan fingerprint density at radius 1 is 1.07 bits per heavy atom. The van der Waals surface area contributed by atoms with Gasteiger partial charge in [0.1, 0.15) is 24.4 Å². The SMILES string of the molecule is OC1O[C@@H](COCCS)[C@@H](O)[C@@H](O)[C@@H]1O. The molecule has 0 radical (unpaired) electrons. The maximum atomic E-state index is 9.48. The fraction of sp³-hybridized carbons (Fsp3) is 1.00. The number of hydrogen-bond acceptors (Lipinski definition) is 7. The van der Waals surface area contributed by atoms with Crippen LogP contribution in [0.2, 0.25) is 0 Å². The number of rotatable bonds is 4. The molecule has 15 heavy (non-hydrogen) atoms. The molecule has 0 aromatic heterocycles. The van der Waals surface area contributed by atoms with Crippen LogP contribution in [0, 0.1) is 0 Å². The molecule has 0 saturated carbocycles. The van der Waals surface area contributed by atoms with E-state index < -0.39 is 30.7 Å². The van der Waals surface area contributed by atoms with E-state index in [0.29, 0.717) is 12.4 Å². The highest BCUT2D eigenvalue weighted by Crippen LogP contribution is 2.19. The molecule has 0 aromatic rings. The lowest BCUT2D eigenvalue weighted by Gasteiger charge is -2.38. The van der Waals surface area contributed by atoms with E-state index in [4.69, 9.17) is 14.6 Å². The molecule has 0 aromatic carbocycles. The second kappa shape index (κ2) is 6.00. The van der Waals surface area contributed by atoms with E-state index in [9.17, 15) is 15.3 Å². The lowest BCUT2D eigenvalue weighted by atomic mass is 9.99. The van der Waals surface area contributed by atoms with E-state index in [1.54, 1.807) is 0 Å². The summed E-state index contributed by atoms with van der Waals surface area (Å²) in [6.45, 7) is 0.410. The first-order valence-corrected chi connectivity index (χ1v) is 5.27. The van der Waals surface area contributed by atoms with Crippen molar-refractivity contribution in [3.05, 3.63) is 0 Å². The first-order chi connectivity index (χ1) is 7.07. The summed E-state index contributed by atoms with van der Waals surface area (Å²) in [5.74, 6) is 0.524. The number of ether oxygens (including phenoxy) is 2. The van der Waals surface area contributed by atoms with E-state index in [0.717, 1.165) is 0 Å². The van der Waals surface area contributed by atoms with Crippen LogP contribution in [0.4, 0.5) is 0 Å². The minimum absolute atomic E-state index is 0.0303. The Kier molecular flexibility index (Phi) is 5.27. The van der Waals surface area contributed by atoms with Crippen molar-refractivity contribution in [2.24, 2.45) is 0 Å². The van der Waals surface area contributed by atoms with Crippen LogP contribution in [0.1, 0.15) is 0 Å². The van der Waals surface area contributed by atoms with Crippen molar-refractivity contribution in [3.63, 3.8) is 0 Å². The van der Waals surface area contributed by atoms with Crippen LogP contribution in [0.3, 0.4) is 0 Å². The van der Waals surface area contributed by atoms with Crippen LogP contribution in [0.5, 0.6) is 0 Å². The second-order valence-electron chi connectivity index (χ2n) is 3.34. The molecule has 90 valence electrons. The minimum Gasteiger partial charge on any atom is -0.387 e. The fourth-order valence-corrected chi connectivity index (χ4v) is 1.46. The zero-order valence-corrected chi connectivity index (χ0v) is 8.96. The van der Waals surface area contributed by atoms with Gasteiger partial charge in [-0.1, -0.05) is 0 Å². The summed E-state index contributed by atoms with van der Waals surface area (Å²) in [7, 11) is 0. The third-order valence-electron chi connectivity index (χ3n) is 2.20. The molecular formula is C8H16O6S. The summed E-state index contributed by atoms with van der Waals surface area (Å²) in [6, 6.07) is 0. The second-order valence-corrected chi connectivity index (χ2v) is 3.78. The average Bonchev–Trinajstić information content (AvgIpc) is 2.23. The van der Waals surface area contributed by atoms with Crippen molar-refractivity contribution in [2.45, 2.75) is 30.7 Å². The number of thiol groups is 1. The number of aliphatic hydroxyl groups excluding tert-OH is 4. The average molecular weight is 240 g/mol. The molecule has 0 amide bonds. The van der Waals surface area contributed by atoms with Crippen molar-refractivity contribution in [1.29, 1.82) is 0 Å². The van der Waals surface area contributed by atoms with Gasteiger partial charge in [-0.05, 0) is 0 Å². The fourth-order valence-electron chi connectivity index (χ4n) is 1.33. The van der Waals surface area contributed by atoms with Crippen LogP contribution in [-0.2, 0) is 9.47 Å². The van der Waals surface area contributed by atoms with Gasteiger partial charge >= 0.3 is 0 Å². The van der Waals surface area contributed by atoms with Gasteiger partial charge in [-0.25, -0.2) is 0 Å². The summed E-state index contributed by atoms with van der Waals surface area (Å²) in [6.07, 6.45) is -6.56. The Morgan fingerprint density at radius 2 is 1.73 bits per heavy atom. The Balaban J connectivity index is 2.43. The van der Waals surface area contributed by atoms with Gasteiger partial charge in [0.2, 0.25) is 0 Å². The molecule has 5 atom stereocenters. The Morgan fingerprint density at radius 3 is 2.33 bits per heavy atom. The highest BCUT2D eigenvalue weighted by atomic mass is 32.1. The van der Waals surface area contributed by atoms with Crippen molar-refractivity contribution in [1.82, 2.24) is 0 Å². The third kappa shape index (κ3) is 3.28. The third-order valence-corrected chi connectivity index (χ3v) is 2.39. The van der Waals surface area contributed by atoms with Crippen LogP contribution in [0.15, 0.2) is 0 Å². The standard InChI is InChI=1S/C8H16O6S/c9-5-4(3-13-1-2-15)14-8(12)7(11)6(5)10/h4-12,15H,1-3H2/t4-,5+,6+,7-,8?/m0/s1. The van der Waals surface area contributed by atoms with E-state index in [2.05, 4.69) is 12.6 Å². The van der Waals surface area contributed by atoms with Crippen molar-refractivity contribution in [2.75, 3.05) is 19.0 Å². The van der Waals surface area contributed by atoms with E-state index >= 15 is 0 Å². The molecule has 1 aliphatic heterocycles. The van der Waals surface area contributed by atoms with Crippen LogP contribution in [0.25, 0.3) is 0 Å². The van der Waals surface area contributed by atoms with Gasteiger partial charge in [0.05, 0.1) is 13.2 Å². The zero-order chi connectivity index (χ0) is 11.4. The summed E-state index contributed by atoms with van der Waals surface area (Å²) in [4.78, 5) is 0. The van der Waals surface area contributed by atoms with Crippen molar-refractivity contribution >= 4 is 12.6 Å². The topological polar surface area (TPSA) is 99.4 Å². The molecule has 4 N–H and O–H groups in total. The largest absolute Gasteiger partial charge is 0.387 e. The predicted molar refractivity (Wildman–Crippen MR) is 53.6 cm³/mol. The summed E-state index contributed by atoms with van der Waals surface area (Å²) in [5, 5.41) is 37.2. The predicted octanol–water partition coefficient (Wildman–Crippen LogP) is -2.27. The van der Waals surface area contributed by atoms with Gasteiger partial charge in [0.25, 0.3) is 0 Å². The lowest BCUT2D eigenvalue weighted by Crippen LogP contribution is -2.58. The van der Waals surface area contributed by atoms with Gasteiger partial charge in [-0.3, -0.25) is 0 Å². The van der Waals surface area contributed by atoms with Crippen LogP contribution < -0.4 is 0 Å². The van der Waals surface area contributed by atoms with Gasteiger partial charge in [0.15, 0.2) is 6.29 Å². The smallest absolute Gasteiger partial charge is 0.184 e. The Hall–Kier alpha value is 0.110. The molecule has 1 heterocycles. The molecule has 6 nitrogen and oxygen atoms in total. The first kappa shape index (κ1) is 13.2. The molecule has 0 bridgehead atoms. The molecule has 1 rings (SSSR count). The molecule has 1 aliphatic rings. The van der Waals surface area contributed by atoms with E-state index in [1.807, 2.05) is 0 Å². The highest BCUT2D eigenvalue weighted by molar-refractivity contribution is 7.80. The molecule has 0 spiro atoms. The maximum Gasteiger partial charge on any atom is 0.184 e. The molecule has 0 aliphatic carbocycles. The van der Waals surface area contributed by atoms with Gasteiger partial charge in [0, 0.05) is 5.75 Å². The van der Waals surface area contributed by atoms with Crippen molar-refractivity contribution in [3.8, 4) is 0 Å². The van der Waals surface area contributed by atoms with E-state index in [-0.39, 0.29) is 6.61 Å². The molecule has 7 heteroatoms. The number of hydrogen-bond donors (Lipinski definition) is 5. The number of aliphatic hydroxyl groups is 4. The summed E-state index contributed by atoms with van der Waals surface area (Å²) in [5.41, 5.74) is 0. The Labute approximate surface area is 92.8 Å². The molecule has 1 unspecified atom stereocenters. The quantitative estimate of drug-likeness (QED) is 0.281. The zero-order valence-electron chi connectivity index (χ0n) is 8.06. The monoisotopic (exact) mass is 240 g/mol. The Bertz CT molecular complexity index is 192. The van der Waals surface area contributed by atoms with Crippen molar-refractivity contribution < 1.29 is 29.9 Å². The van der Waals surface area contributed by atoms with Gasteiger partial charge < -0.3 is 29.9 Å². The van der Waals surface area contributed by atoms with E-state index in [1.165, 1.54) is 0 Å². The molecular weight excluding hydrogens is 224 g/mol. The summed E-state index contributed by atoms with van der Waals surface area (Å²) < 4.78 is 9.93. The molecule has 1 saturated heterocycles. The normalized spacial score (nSPS) is 41.8. The van der Waals surface area contributed by atoms with Gasteiger partial charge in [-0.15, -0.1) is 0 Å². The van der Waals surface area contributed by atoms with Crippen LogP contribution in [-0.4, -0.2) is 70.1 Å². The molecule has 1 fully saturated rings. The lowest BCUT2D eigenvalue weighted by molar-refractivity contribution is -0.288. The highest BCUT2D eigenvalue weighted by Gasteiger charge is 2.42.